The fraction of sp³-hybridized carbons (Fsp3) is 0.207. The van der Waals surface area contributed by atoms with E-state index >= 15 is 0 Å². The maximum atomic E-state index is 14.0. The van der Waals surface area contributed by atoms with E-state index in [9.17, 15) is 19.7 Å². The first-order valence-electron chi connectivity index (χ1n) is 12.4. The van der Waals surface area contributed by atoms with Crippen molar-refractivity contribution in [1.82, 2.24) is 4.57 Å². The van der Waals surface area contributed by atoms with Gasteiger partial charge in [-0.05, 0) is 42.3 Å². The third-order valence-electron chi connectivity index (χ3n) is 6.65. The Hall–Kier alpha value is -4.77. The minimum absolute atomic E-state index is 0.158. The normalized spacial score (nSPS) is 15.0. The lowest BCUT2D eigenvalue weighted by molar-refractivity contribution is -0.385. The number of hydrogen-bond donors (Lipinski definition) is 0. The van der Waals surface area contributed by atoms with Crippen LogP contribution in [0.2, 0.25) is 0 Å². The van der Waals surface area contributed by atoms with Crippen molar-refractivity contribution in [3.63, 3.8) is 0 Å². The van der Waals surface area contributed by atoms with Gasteiger partial charge in [0, 0.05) is 0 Å². The quantitative estimate of drug-likeness (QED) is 0.191. The Morgan fingerprint density at radius 2 is 1.82 bits per heavy atom. The molecule has 3 aromatic carbocycles. The van der Waals surface area contributed by atoms with Crippen LogP contribution in [0.3, 0.4) is 0 Å². The van der Waals surface area contributed by atoms with E-state index in [1.54, 1.807) is 13.8 Å². The van der Waals surface area contributed by atoms with Gasteiger partial charge in [0.25, 0.3) is 11.2 Å². The van der Waals surface area contributed by atoms with Crippen molar-refractivity contribution >= 4 is 39.8 Å². The van der Waals surface area contributed by atoms with Crippen LogP contribution in [-0.2, 0) is 9.53 Å². The minimum atomic E-state index is -0.816. The van der Waals surface area contributed by atoms with Crippen LogP contribution in [0.5, 0.6) is 11.5 Å². The van der Waals surface area contributed by atoms with Crippen molar-refractivity contribution in [1.29, 1.82) is 0 Å². The average molecular weight is 560 g/mol. The zero-order valence-corrected chi connectivity index (χ0v) is 23.0. The summed E-state index contributed by atoms with van der Waals surface area (Å²) in [4.78, 5) is 43.5. The molecule has 40 heavy (non-hydrogen) atoms. The van der Waals surface area contributed by atoms with Crippen molar-refractivity contribution in [2.45, 2.75) is 19.9 Å². The van der Waals surface area contributed by atoms with Gasteiger partial charge in [0.2, 0.25) is 0 Å². The second-order valence-corrected chi connectivity index (χ2v) is 9.90. The highest BCUT2D eigenvalue weighted by Crippen LogP contribution is 2.36. The number of allylic oxidation sites excluding steroid dienone is 1. The van der Waals surface area contributed by atoms with Gasteiger partial charge < -0.3 is 14.2 Å². The Morgan fingerprint density at radius 3 is 2.52 bits per heavy atom. The van der Waals surface area contributed by atoms with Crippen molar-refractivity contribution in [3.05, 3.63) is 107 Å². The zero-order valence-electron chi connectivity index (χ0n) is 22.2. The number of hydrogen-bond acceptors (Lipinski definition) is 9. The van der Waals surface area contributed by atoms with Crippen LogP contribution in [0.4, 0.5) is 5.69 Å². The summed E-state index contributed by atoms with van der Waals surface area (Å²) in [6.07, 6.45) is 1.44. The molecule has 0 unspecified atom stereocenters. The number of thiazole rings is 1. The van der Waals surface area contributed by atoms with Crippen LogP contribution in [-0.4, -0.2) is 36.3 Å². The number of ether oxygens (including phenoxy) is 3. The van der Waals surface area contributed by atoms with E-state index in [0.717, 1.165) is 27.7 Å². The topological polar surface area (TPSA) is 122 Å². The van der Waals surface area contributed by atoms with Gasteiger partial charge in [0.1, 0.15) is 0 Å². The molecule has 1 aromatic heterocycles. The molecule has 1 aliphatic rings. The predicted molar refractivity (Wildman–Crippen MR) is 151 cm³/mol. The number of fused-ring (bicyclic) bond motifs is 2. The molecule has 204 valence electrons. The Morgan fingerprint density at radius 1 is 1.12 bits per heavy atom. The summed E-state index contributed by atoms with van der Waals surface area (Å²) in [5.41, 5.74) is 0.893. The Bertz CT molecular complexity index is 1880. The Kier molecular flexibility index (Phi) is 7.22. The van der Waals surface area contributed by atoms with Gasteiger partial charge in [-0.3, -0.25) is 19.5 Å². The number of carbonyl (C=O) groups is 1. The molecule has 0 spiro atoms. The van der Waals surface area contributed by atoms with Gasteiger partial charge in [0.15, 0.2) is 16.3 Å². The second-order valence-electron chi connectivity index (χ2n) is 8.89. The number of esters is 1. The molecule has 1 atom stereocenters. The number of carbonyl (C=O) groups excluding carboxylic acids is 1. The van der Waals surface area contributed by atoms with Gasteiger partial charge in [-0.1, -0.05) is 53.8 Å². The molecule has 0 amide bonds. The summed E-state index contributed by atoms with van der Waals surface area (Å²) in [6, 6.07) is 15.3. The first-order chi connectivity index (χ1) is 19.3. The largest absolute Gasteiger partial charge is 0.493 e. The van der Waals surface area contributed by atoms with Gasteiger partial charge in [-0.25, -0.2) is 9.79 Å². The van der Waals surface area contributed by atoms with E-state index in [1.807, 2.05) is 42.5 Å². The molecule has 1 aliphatic heterocycles. The average Bonchev–Trinajstić information content (AvgIpc) is 3.25. The van der Waals surface area contributed by atoms with E-state index in [-0.39, 0.29) is 39.5 Å². The van der Waals surface area contributed by atoms with E-state index < -0.39 is 22.5 Å². The number of nitro benzene ring substituents is 1. The smallest absolute Gasteiger partial charge is 0.338 e. The van der Waals surface area contributed by atoms with E-state index in [2.05, 4.69) is 4.99 Å². The summed E-state index contributed by atoms with van der Waals surface area (Å²) < 4.78 is 17.6. The molecule has 0 aliphatic carbocycles. The molecule has 4 aromatic rings. The fourth-order valence-corrected chi connectivity index (χ4v) is 5.91. The number of aromatic nitrogens is 1. The molecule has 0 bridgehead atoms. The number of methoxy groups -OCH3 is 2. The first kappa shape index (κ1) is 26.8. The van der Waals surface area contributed by atoms with Crippen LogP contribution in [0.15, 0.2) is 75.7 Å². The number of nitro groups is 1. The molecule has 10 nitrogen and oxygen atoms in total. The third kappa shape index (κ3) is 4.54. The fourth-order valence-electron chi connectivity index (χ4n) is 4.87. The van der Waals surface area contributed by atoms with Crippen molar-refractivity contribution in [2.75, 3.05) is 20.8 Å². The van der Waals surface area contributed by atoms with E-state index in [1.165, 1.54) is 37.0 Å². The molecule has 0 radical (unpaired) electrons. The van der Waals surface area contributed by atoms with Gasteiger partial charge in [0.05, 0.1) is 59.2 Å². The molecule has 0 saturated carbocycles. The Labute approximate surface area is 232 Å². The number of rotatable bonds is 7. The molecular formula is C29H25N3O7S. The van der Waals surface area contributed by atoms with Crippen LogP contribution in [0.25, 0.3) is 16.8 Å². The highest BCUT2D eigenvalue weighted by molar-refractivity contribution is 7.07. The lowest BCUT2D eigenvalue weighted by Crippen LogP contribution is -2.40. The first-order valence-corrected chi connectivity index (χ1v) is 13.2. The van der Waals surface area contributed by atoms with Crippen LogP contribution in [0.1, 0.15) is 31.0 Å². The van der Waals surface area contributed by atoms with E-state index in [4.69, 9.17) is 14.2 Å². The molecule has 2 heterocycles. The molecule has 0 saturated heterocycles. The molecule has 11 heteroatoms. The second kappa shape index (κ2) is 10.8. The maximum absolute atomic E-state index is 14.0. The van der Waals surface area contributed by atoms with E-state index in [0.29, 0.717) is 10.5 Å². The molecule has 0 fully saturated rings. The lowest BCUT2D eigenvalue weighted by atomic mass is 9.91. The van der Waals surface area contributed by atoms with Crippen molar-refractivity contribution < 1.29 is 23.9 Å². The summed E-state index contributed by atoms with van der Waals surface area (Å²) in [6.45, 7) is 3.58. The predicted octanol–water partition coefficient (Wildman–Crippen LogP) is 3.88. The number of benzene rings is 3. The highest BCUT2D eigenvalue weighted by atomic mass is 32.1. The van der Waals surface area contributed by atoms with Gasteiger partial charge in [-0.2, -0.15) is 0 Å². The molecular weight excluding hydrogens is 534 g/mol. The van der Waals surface area contributed by atoms with Gasteiger partial charge in [-0.15, -0.1) is 0 Å². The highest BCUT2D eigenvalue weighted by Gasteiger charge is 2.34. The number of nitrogens with zero attached hydrogens (tertiary/aromatic N) is 3. The standard InChI is InChI=1S/C29H25N3O7S/c1-5-39-28(34)25-16(2)30-29-31(26(25)20-12-8-10-17-9-6-7-11-19(17)20)27(33)24(40-29)14-18-13-22(37-3)23(38-4)15-21(18)32(35)36/h6-15,26H,5H2,1-4H3/b24-14-/t26-/m1/s1. The van der Waals surface area contributed by atoms with Crippen molar-refractivity contribution in [3.8, 4) is 11.5 Å². The summed E-state index contributed by atoms with van der Waals surface area (Å²) in [5, 5.41) is 13.7. The summed E-state index contributed by atoms with van der Waals surface area (Å²) in [5.74, 6) is -0.0915. The van der Waals surface area contributed by atoms with Crippen LogP contribution in [0, 0.1) is 10.1 Å². The lowest BCUT2D eigenvalue weighted by Gasteiger charge is -2.25. The van der Waals surface area contributed by atoms with Crippen LogP contribution >= 0.6 is 11.3 Å². The minimum Gasteiger partial charge on any atom is -0.493 e. The van der Waals surface area contributed by atoms with Gasteiger partial charge >= 0.3 is 5.97 Å². The molecule has 0 N–H and O–H groups in total. The Balaban J connectivity index is 1.81. The van der Waals surface area contributed by atoms with Crippen LogP contribution < -0.4 is 24.4 Å². The maximum Gasteiger partial charge on any atom is 0.338 e. The summed E-state index contributed by atoms with van der Waals surface area (Å²) >= 11 is 1.08. The monoisotopic (exact) mass is 559 g/mol. The summed E-state index contributed by atoms with van der Waals surface area (Å²) in [7, 11) is 2.81. The molecule has 5 rings (SSSR count). The third-order valence-corrected chi connectivity index (χ3v) is 7.63. The SMILES string of the molecule is CCOC(=O)C1=C(C)N=c2s/c(=C\c3cc(OC)c(OC)cc3[N+](=O)[O-])c(=O)n2[C@@H]1c1cccc2ccccc12. The zero-order chi connectivity index (χ0) is 28.6. The van der Waals surface area contributed by atoms with Crippen molar-refractivity contribution in [2.24, 2.45) is 4.99 Å².